The quantitative estimate of drug-likeness (QED) is 0.228. The van der Waals surface area contributed by atoms with Gasteiger partial charge in [0.1, 0.15) is 29.8 Å². The lowest BCUT2D eigenvalue weighted by atomic mass is 9.96. The van der Waals surface area contributed by atoms with E-state index < -0.39 is 47.2 Å². The maximum absolute atomic E-state index is 14.5. The fourth-order valence-corrected chi connectivity index (χ4v) is 4.95. The van der Waals surface area contributed by atoms with Gasteiger partial charge in [0.15, 0.2) is 0 Å². The minimum Gasteiger partial charge on any atom is -0.458 e. The molecule has 0 aliphatic carbocycles. The molecule has 2 aromatic carbocycles. The second-order valence-corrected chi connectivity index (χ2v) is 14.3. The Bertz CT molecular complexity index is 1280. The molecule has 0 heterocycles. The molecule has 46 heavy (non-hydrogen) atoms. The average molecular weight is 638 g/mol. The number of carbonyl (C=O) groups is 4. The molecule has 0 aromatic heterocycles. The van der Waals surface area contributed by atoms with Crippen LogP contribution in [0.25, 0.3) is 0 Å². The number of rotatable bonds is 14. The molecule has 0 bridgehead atoms. The molecular formula is C37H55N3O6. The Kier molecular flexibility index (Phi) is 14.3. The van der Waals surface area contributed by atoms with E-state index in [1.807, 2.05) is 68.4 Å². The zero-order chi connectivity index (χ0) is 34.7. The first-order chi connectivity index (χ1) is 21.4. The van der Waals surface area contributed by atoms with E-state index in [9.17, 15) is 19.2 Å². The lowest BCUT2D eigenvalue weighted by Gasteiger charge is -2.37. The Morgan fingerprint density at radius 3 is 1.89 bits per heavy atom. The first kappa shape index (κ1) is 38.3. The number of nitrogens with zero attached hydrogens (tertiary/aromatic N) is 1. The van der Waals surface area contributed by atoms with Gasteiger partial charge in [-0.25, -0.2) is 9.59 Å². The van der Waals surface area contributed by atoms with Gasteiger partial charge in [-0.2, -0.15) is 0 Å². The molecule has 0 aliphatic rings. The number of amides is 3. The van der Waals surface area contributed by atoms with E-state index in [1.54, 1.807) is 41.5 Å². The van der Waals surface area contributed by atoms with Crippen LogP contribution in [0.3, 0.4) is 0 Å². The van der Waals surface area contributed by atoms with Crippen molar-refractivity contribution in [3.05, 3.63) is 71.3 Å². The van der Waals surface area contributed by atoms with Gasteiger partial charge in [-0.1, -0.05) is 75.4 Å². The van der Waals surface area contributed by atoms with E-state index in [0.29, 0.717) is 17.9 Å². The molecule has 3 amide bonds. The summed E-state index contributed by atoms with van der Waals surface area (Å²) >= 11 is 0. The van der Waals surface area contributed by atoms with Crippen molar-refractivity contribution in [2.75, 3.05) is 6.54 Å². The maximum atomic E-state index is 14.5. The van der Waals surface area contributed by atoms with Crippen molar-refractivity contribution in [1.29, 1.82) is 0 Å². The third-order valence-corrected chi connectivity index (χ3v) is 7.23. The number of aryl methyl sites for hydroxylation is 1. The van der Waals surface area contributed by atoms with E-state index in [0.717, 1.165) is 24.0 Å². The van der Waals surface area contributed by atoms with Crippen molar-refractivity contribution in [2.24, 2.45) is 5.92 Å². The van der Waals surface area contributed by atoms with Crippen molar-refractivity contribution in [1.82, 2.24) is 15.5 Å². The minimum absolute atomic E-state index is 0.208. The highest BCUT2D eigenvalue weighted by molar-refractivity contribution is 5.93. The van der Waals surface area contributed by atoms with Crippen LogP contribution in [0, 0.1) is 5.92 Å². The molecule has 9 heteroatoms. The van der Waals surface area contributed by atoms with Crippen molar-refractivity contribution >= 4 is 23.9 Å². The summed E-state index contributed by atoms with van der Waals surface area (Å²) in [5.74, 6) is -1.16. The van der Waals surface area contributed by atoms with E-state index in [4.69, 9.17) is 9.47 Å². The minimum atomic E-state index is -1.08. The van der Waals surface area contributed by atoms with E-state index in [2.05, 4.69) is 24.5 Å². The summed E-state index contributed by atoms with van der Waals surface area (Å²) in [6, 6.07) is 14.5. The van der Waals surface area contributed by atoms with Crippen molar-refractivity contribution in [3.8, 4) is 0 Å². The third kappa shape index (κ3) is 13.2. The van der Waals surface area contributed by atoms with E-state index in [-0.39, 0.29) is 19.0 Å². The number of benzene rings is 2. The average Bonchev–Trinajstić information content (AvgIpc) is 2.95. The standard InChI is InChI=1S/C37H55N3O6/c1-11-27-19-21-29(22-20-27)32(33(42)39-30(34(43)45-36(5,6)7)23-28-15-13-12-14-16-28)40(26(4)18-17-25(2)3)31(41)24-38-35(44)46-37(8,9)10/h12-16,19-22,25-26,30,32H,11,17-18,23-24H2,1-10H3,(H,38,44)(H,39,42). The van der Waals surface area contributed by atoms with Gasteiger partial charge in [-0.05, 0) is 90.3 Å². The number of ether oxygens (including phenoxy) is 2. The molecule has 254 valence electrons. The van der Waals surface area contributed by atoms with Gasteiger partial charge < -0.3 is 25.0 Å². The van der Waals surface area contributed by atoms with Gasteiger partial charge >= 0.3 is 12.1 Å². The maximum Gasteiger partial charge on any atom is 0.408 e. The largest absolute Gasteiger partial charge is 0.458 e. The Labute approximate surface area is 275 Å². The first-order valence-electron chi connectivity index (χ1n) is 16.3. The van der Waals surface area contributed by atoms with Gasteiger partial charge in [-0.3, -0.25) is 9.59 Å². The predicted molar refractivity (Wildman–Crippen MR) is 181 cm³/mol. The number of hydrogen-bond donors (Lipinski definition) is 2. The SMILES string of the molecule is CCc1ccc(C(C(=O)NC(Cc2ccccc2)C(=O)OC(C)(C)C)N(C(=O)CNC(=O)OC(C)(C)C)C(C)CCC(C)C)cc1. The van der Waals surface area contributed by atoms with Crippen LogP contribution < -0.4 is 10.6 Å². The van der Waals surface area contributed by atoms with Crippen molar-refractivity contribution in [3.63, 3.8) is 0 Å². The molecule has 3 atom stereocenters. The van der Waals surface area contributed by atoms with Crippen LogP contribution in [0.5, 0.6) is 0 Å². The summed E-state index contributed by atoms with van der Waals surface area (Å²) in [5, 5.41) is 5.51. The summed E-state index contributed by atoms with van der Waals surface area (Å²) in [6.45, 7) is 18.3. The molecule has 2 rings (SSSR count). The number of hydrogen-bond acceptors (Lipinski definition) is 6. The number of nitrogens with one attached hydrogen (secondary N) is 2. The zero-order valence-electron chi connectivity index (χ0n) is 29.4. The van der Waals surface area contributed by atoms with E-state index >= 15 is 0 Å². The van der Waals surface area contributed by atoms with Gasteiger partial charge in [0.05, 0.1) is 0 Å². The molecule has 2 aromatic rings. The summed E-state index contributed by atoms with van der Waals surface area (Å²) < 4.78 is 11.1. The summed E-state index contributed by atoms with van der Waals surface area (Å²) in [6.07, 6.45) is 1.74. The molecular weight excluding hydrogens is 582 g/mol. The van der Waals surface area contributed by atoms with Gasteiger partial charge in [0.25, 0.3) is 0 Å². The van der Waals surface area contributed by atoms with E-state index in [1.165, 1.54) is 4.90 Å². The molecule has 9 nitrogen and oxygen atoms in total. The van der Waals surface area contributed by atoms with Gasteiger partial charge in [0, 0.05) is 12.5 Å². The predicted octanol–water partition coefficient (Wildman–Crippen LogP) is 6.54. The normalized spacial score (nSPS) is 13.7. The summed E-state index contributed by atoms with van der Waals surface area (Å²) in [5.41, 5.74) is 1.01. The fourth-order valence-electron chi connectivity index (χ4n) is 4.95. The van der Waals surface area contributed by atoms with Gasteiger partial charge in [0.2, 0.25) is 11.8 Å². The Morgan fingerprint density at radius 2 is 1.37 bits per heavy atom. The molecule has 3 unspecified atom stereocenters. The third-order valence-electron chi connectivity index (χ3n) is 7.23. The molecule has 0 radical (unpaired) electrons. The first-order valence-corrected chi connectivity index (χ1v) is 16.3. The van der Waals surface area contributed by atoms with Crippen molar-refractivity contribution < 1.29 is 28.7 Å². The molecule has 0 spiro atoms. The topological polar surface area (TPSA) is 114 Å². The fraction of sp³-hybridized carbons (Fsp3) is 0.568. The van der Waals surface area contributed by atoms with Crippen LogP contribution in [-0.4, -0.2) is 58.6 Å². The van der Waals surface area contributed by atoms with Gasteiger partial charge in [-0.15, -0.1) is 0 Å². The second kappa shape index (κ2) is 17.2. The Morgan fingerprint density at radius 1 is 0.783 bits per heavy atom. The highest BCUT2D eigenvalue weighted by Crippen LogP contribution is 2.28. The lowest BCUT2D eigenvalue weighted by molar-refractivity contribution is -0.159. The van der Waals surface area contributed by atoms with Crippen LogP contribution in [0.4, 0.5) is 4.79 Å². The smallest absolute Gasteiger partial charge is 0.408 e. The Balaban J connectivity index is 2.57. The number of alkyl carbamates (subject to hydrolysis) is 1. The van der Waals surface area contributed by atoms with Crippen molar-refractivity contribution in [2.45, 2.75) is 124 Å². The monoisotopic (exact) mass is 637 g/mol. The molecule has 0 fully saturated rings. The highest BCUT2D eigenvalue weighted by atomic mass is 16.6. The number of esters is 1. The van der Waals surface area contributed by atoms with Crippen LogP contribution >= 0.6 is 0 Å². The molecule has 2 N–H and O–H groups in total. The highest BCUT2D eigenvalue weighted by Gasteiger charge is 2.37. The summed E-state index contributed by atoms with van der Waals surface area (Å²) in [7, 11) is 0. The zero-order valence-corrected chi connectivity index (χ0v) is 29.4. The Hall–Kier alpha value is -3.88. The summed E-state index contributed by atoms with van der Waals surface area (Å²) in [4.78, 5) is 56.0. The van der Waals surface area contributed by atoms with Crippen LogP contribution in [-0.2, 0) is 36.7 Å². The molecule has 0 saturated heterocycles. The molecule has 0 aliphatic heterocycles. The molecule has 0 saturated carbocycles. The lowest BCUT2D eigenvalue weighted by Crippen LogP contribution is -2.54. The van der Waals surface area contributed by atoms with Crippen LogP contribution in [0.15, 0.2) is 54.6 Å². The second-order valence-electron chi connectivity index (χ2n) is 14.3. The van der Waals surface area contributed by atoms with Crippen LogP contribution in [0.1, 0.15) is 105 Å². The number of carbonyl (C=O) groups excluding carboxylic acids is 4. The van der Waals surface area contributed by atoms with Crippen LogP contribution in [0.2, 0.25) is 0 Å².